The quantitative estimate of drug-likeness (QED) is 0.239. The van der Waals surface area contributed by atoms with Gasteiger partial charge in [-0.15, -0.1) is 11.3 Å². The number of nitrogens with one attached hydrogen (secondary N) is 1. The van der Waals surface area contributed by atoms with Crippen LogP contribution in [0.15, 0.2) is 60.7 Å². The van der Waals surface area contributed by atoms with Crippen molar-refractivity contribution >= 4 is 51.5 Å². The van der Waals surface area contributed by atoms with Crippen molar-refractivity contribution in [1.82, 2.24) is 19.9 Å². The van der Waals surface area contributed by atoms with Crippen molar-refractivity contribution in [2.75, 3.05) is 6.54 Å². The van der Waals surface area contributed by atoms with E-state index in [4.69, 9.17) is 33.2 Å². The highest BCUT2D eigenvalue weighted by atomic mass is 35.5. The van der Waals surface area contributed by atoms with Gasteiger partial charge < -0.3 is 9.88 Å². The first-order valence-electron chi connectivity index (χ1n) is 12.2. The Hall–Kier alpha value is -3.26. The lowest BCUT2D eigenvalue weighted by Gasteiger charge is -2.33. The number of fused-ring (bicyclic) bond motifs is 1. The van der Waals surface area contributed by atoms with E-state index in [9.17, 15) is 9.18 Å². The van der Waals surface area contributed by atoms with Gasteiger partial charge in [0.05, 0.1) is 21.4 Å². The van der Waals surface area contributed by atoms with Crippen molar-refractivity contribution in [2.24, 2.45) is 0 Å². The fourth-order valence-electron chi connectivity index (χ4n) is 5.11. The molecular weight excluding hydrogens is 542 g/mol. The standard InChI is InChI=1S/C29H23Cl2FN4OS/c1-16-21(31)11-12-22-23(16)35-28(33-22)29(2)13-4-14-36(29)27(37)24-25(17-7-9-20(32)10-8-17)38-26(34-24)18-5-3-6-19(30)15-18/h3,5-12,15H,4,13-14H2,1-2H3,(H,33,35). The molecular formula is C29H23Cl2FN4OS. The van der Waals surface area contributed by atoms with Crippen molar-refractivity contribution in [3.63, 3.8) is 0 Å². The average molecular weight is 566 g/mol. The molecule has 192 valence electrons. The number of aromatic nitrogens is 3. The van der Waals surface area contributed by atoms with E-state index in [1.165, 1.54) is 23.5 Å². The van der Waals surface area contributed by atoms with E-state index in [0.29, 0.717) is 32.2 Å². The molecule has 1 fully saturated rings. The molecule has 1 unspecified atom stereocenters. The predicted octanol–water partition coefficient (Wildman–Crippen LogP) is 8.26. The maximum atomic E-state index is 14.3. The Balaban J connectivity index is 1.45. The summed E-state index contributed by atoms with van der Waals surface area (Å²) in [5.74, 6) is 0.190. The van der Waals surface area contributed by atoms with E-state index >= 15 is 0 Å². The molecule has 0 bridgehead atoms. The van der Waals surface area contributed by atoms with Crippen LogP contribution >= 0.6 is 34.5 Å². The van der Waals surface area contributed by atoms with Gasteiger partial charge in [-0.1, -0.05) is 47.5 Å². The number of carbonyl (C=O) groups excluding carboxylic acids is 1. The van der Waals surface area contributed by atoms with Crippen LogP contribution in [0.5, 0.6) is 0 Å². The van der Waals surface area contributed by atoms with Crippen LogP contribution in [0.25, 0.3) is 32.0 Å². The second kappa shape index (κ2) is 9.49. The molecule has 3 heterocycles. The van der Waals surface area contributed by atoms with E-state index in [2.05, 4.69) is 4.98 Å². The van der Waals surface area contributed by atoms with Crippen LogP contribution in [0, 0.1) is 12.7 Å². The number of imidazole rings is 1. The lowest BCUT2D eigenvalue weighted by atomic mass is 9.97. The van der Waals surface area contributed by atoms with Gasteiger partial charge in [0.25, 0.3) is 5.91 Å². The lowest BCUT2D eigenvalue weighted by molar-refractivity contribution is 0.0601. The molecule has 0 saturated carbocycles. The minimum absolute atomic E-state index is 0.191. The number of aromatic amines is 1. The summed E-state index contributed by atoms with van der Waals surface area (Å²) in [6, 6.07) is 17.3. The highest BCUT2D eigenvalue weighted by Gasteiger charge is 2.45. The molecule has 1 amide bonds. The summed E-state index contributed by atoms with van der Waals surface area (Å²) in [4.78, 5) is 29.9. The normalized spacial score (nSPS) is 17.4. The topological polar surface area (TPSA) is 61.9 Å². The van der Waals surface area contributed by atoms with E-state index in [1.807, 2.05) is 49.1 Å². The Kier molecular flexibility index (Phi) is 6.25. The summed E-state index contributed by atoms with van der Waals surface area (Å²) in [5, 5.41) is 1.91. The van der Waals surface area contributed by atoms with Gasteiger partial charge in [0, 0.05) is 22.2 Å². The Morgan fingerprint density at radius 1 is 1.08 bits per heavy atom. The number of benzene rings is 3. The predicted molar refractivity (Wildman–Crippen MR) is 151 cm³/mol. The van der Waals surface area contributed by atoms with E-state index < -0.39 is 5.54 Å². The second-order valence-electron chi connectivity index (χ2n) is 9.70. The smallest absolute Gasteiger partial charge is 0.274 e. The van der Waals surface area contributed by atoms with E-state index in [-0.39, 0.29) is 11.7 Å². The van der Waals surface area contributed by atoms with Crippen molar-refractivity contribution < 1.29 is 9.18 Å². The molecule has 38 heavy (non-hydrogen) atoms. The first-order chi connectivity index (χ1) is 18.2. The van der Waals surface area contributed by atoms with E-state index in [1.54, 1.807) is 18.2 Å². The molecule has 0 radical (unpaired) electrons. The number of amides is 1. The molecule has 1 aliphatic rings. The van der Waals surface area contributed by atoms with Gasteiger partial charge in [-0.3, -0.25) is 4.79 Å². The zero-order valence-electron chi connectivity index (χ0n) is 20.7. The Labute approximate surface area is 233 Å². The summed E-state index contributed by atoms with van der Waals surface area (Å²) >= 11 is 14.0. The second-order valence-corrected chi connectivity index (χ2v) is 11.5. The van der Waals surface area contributed by atoms with Gasteiger partial charge >= 0.3 is 0 Å². The van der Waals surface area contributed by atoms with Crippen LogP contribution in [-0.4, -0.2) is 32.3 Å². The first kappa shape index (κ1) is 25.0. The monoisotopic (exact) mass is 564 g/mol. The highest BCUT2D eigenvalue weighted by Crippen LogP contribution is 2.42. The third-order valence-corrected chi connectivity index (χ3v) is 9.04. The maximum Gasteiger partial charge on any atom is 0.274 e. The molecule has 5 nitrogen and oxygen atoms in total. The Morgan fingerprint density at radius 2 is 1.87 bits per heavy atom. The summed E-state index contributed by atoms with van der Waals surface area (Å²) in [5.41, 5.74) is 3.81. The molecule has 2 aromatic heterocycles. The van der Waals surface area contributed by atoms with Crippen molar-refractivity contribution in [1.29, 1.82) is 0 Å². The molecule has 1 saturated heterocycles. The van der Waals surface area contributed by atoms with Crippen LogP contribution in [0.1, 0.15) is 41.6 Å². The van der Waals surface area contributed by atoms with E-state index in [0.717, 1.165) is 46.4 Å². The van der Waals surface area contributed by atoms with Crippen LogP contribution in [0.4, 0.5) is 4.39 Å². The molecule has 9 heteroatoms. The minimum atomic E-state index is -0.658. The number of hydrogen-bond acceptors (Lipinski definition) is 4. The largest absolute Gasteiger partial charge is 0.340 e. The van der Waals surface area contributed by atoms with Gasteiger partial charge in [-0.05, 0) is 74.2 Å². The number of hydrogen-bond donors (Lipinski definition) is 1. The van der Waals surface area contributed by atoms with Crippen molar-refractivity contribution in [2.45, 2.75) is 32.2 Å². The highest BCUT2D eigenvalue weighted by molar-refractivity contribution is 7.18. The summed E-state index contributed by atoms with van der Waals surface area (Å²) in [7, 11) is 0. The molecule has 1 aliphatic heterocycles. The fraction of sp³-hybridized carbons (Fsp3) is 0.207. The average Bonchev–Trinajstić information content (AvgIpc) is 3.64. The summed E-state index contributed by atoms with van der Waals surface area (Å²) in [6.07, 6.45) is 1.58. The molecule has 3 aromatic carbocycles. The summed E-state index contributed by atoms with van der Waals surface area (Å²) < 4.78 is 13.7. The number of halogens is 3. The molecule has 6 rings (SSSR count). The van der Waals surface area contributed by atoms with Crippen LogP contribution in [-0.2, 0) is 5.54 Å². The molecule has 5 aromatic rings. The van der Waals surface area contributed by atoms with Gasteiger partial charge in [0.15, 0.2) is 0 Å². The number of rotatable bonds is 4. The molecule has 0 aliphatic carbocycles. The van der Waals surface area contributed by atoms with Gasteiger partial charge in [0.1, 0.15) is 22.3 Å². The van der Waals surface area contributed by atoms with Gasteiger partial charge in [0.2, 0.25) is 0 Å². The Bertz CT molecular complexity index is 1700. The number of thiazole rings is 1. The van der Waals surface area contributed by atoms with Crippen LogP contribution in [0.3, 0.4) is 0 Å². The fourth-order valence-corrected chi connectivity index (χ4v) is 6.51. The lowest BCUT2D eigenvalue weighted by Crippen LogP contribution is -2.44. The van der Waals surface area contributed by atoms with Gasteiger partial charge in [-0.25, -0.2) is 14.4 Å². The van der Waals surface area contributed by atoms with Gasteiger partial charge in [-0.2, -0.15) is 0 Å². The number of aryl methyl sites for hydroxylation is 1. The van der Waals surface area contributed by atoms with Crippen molar-refractivity contribution in [3.8, 4) is 21.0 Å². The van der Waals surface area contributed by atoms with Crippen LogP contribution < -0.4 is 0 Å². The number of H-pyrrole nitrogens is 1. The SMILES string of the molecule is Cc1c(Cl)ccc2[nH]c(C3(C)CCCN3C(=O)c3nc(-c4cccc(Cl)c4)sc3-c3ccc(F)cc3)nc12. The summed E-state index contributed by atoms with van der Waals surface area (Å²) in [6.45, 7) is 4.55. The molecule has 0 spiro atoms. The number of carbonyl (C=O) groups is 1. The zero-order chi connectivity index (χ0) is 26.6. The molecule has 1 N–H and O–H groups in total. The molecule has 1 atom stereocenters. The van der Waals surface area contributed by atoms with Crippen molar-refractivity contribution in [3.05, 3.63) is 93.6 Å². The maximum absolute atomic E-state index is 14.3. The third-order valence-electron chi connectivity index (χ3n) is 7.25. The third kappa shape index (κ3) is 4.19. The first-order valence-corrected chi connectivity index (χ1v) is 13.8. The Morgan fingerprint density at radius 3 is 2.63 bits per heavy atom. The minimum Gasteiger partial charge on any atom is -0.340 e. The van der Waals surface area contributed by atoms with Crippen LogP contribution in [0.2, 0.25) is 10.0 Å². The number of nitrogens with zero attached hydrogens (tertiary/aromatic N) is 3. The zero-order valence-corrected chi connectivity index (χ0v) is 23.0. The number of likely N-dealkylation sites (tertiary alicyclic amines) is 1.